The summed E-state index contributed by atoms with van der Waals surface area (Å²) in [4.78, 5) is 19.9. The molecule has 3 aromatic rings. The molecule has 0 bridgehead atoms. The first kappa shape index (κ1) is 19.0. The minimum absolute atomic E-state index is 0.203. The molecular formula is C22H26N6O2. The molecule has 1 N–H and O–H groups in total. The molecule has 1 aliphatic heterocycles. The normalized spacial score (nSPS) is 21.3. The molecule has 2 aliphatic rings. The van der Waals surface area contributed by atoms with Crippen LogP contribution in [-0.4, -0.2) is 58.9 Å². The van der Waals surface area contributed by atoms with Crippen LogP contribution in [0.5, 0.6) is 5.75 Å². The number of fused-ring (bicyclic) bond motifs is 1. The Hall–Kier alpha value is -3.00. The molecule has 0 radical (unpaired) electrons. The van der Waals surface area contributed by atoms with Gasteiger partial charge in [0.15, 0.2) is 0 Å². The molecule has 8 heteroatoms. The Morgan fingerprint density at radius 3 is 2.77 bits per heavy atom. The highest BCUT2D eigenvalue weighted by Gasteiger charge is 2.31. The summed E-state index contributed by atoms with van der Waals surface area (Å²) in [5.41, 5.74) is 2.82. The number of hydrogen-bond donors (Lipinski definition) is 1. The zero-order valence-corrected chi connectivity index (χ0v) is 17.1. The standard InChI is InChI=1S/C22H26N6O2/c1-15-23-3-2-21(27-15)26-14-16-10-18(11-16)30-20-13-17(28-6-8-29-9-7-28)12-19-22(20)25-5-4-24-19/h2-5,12-13,16,18H,6-11,14H2,1H3,(H,23,26,27)/t16-,18-. The third-order valence-electron chi connectivity index (χ3n) is 5.73. The van der Waals surface area contributed by atoms with E-state index < -0.39 is 0 Å². The fourth-order valence-corrected chi connectivity index (χ4v) is 4.04. The maximum absolute atomic E-state index is 6.38. The van der Waals surface area contributed by atoms with Crippen LogP contribution in [0.4, 0.5) is 11.5 Å². The van der Waals surface area contributed by atoms with E-state index in [0.29, 0.717) is 5.92 Å². The molecule has 1 aliphatic carbocycles. The van der Waals surface area contributed by atoms with Crippen molar-refractivity contribution in [2.45, 2.75) is 25.9 Å². The number of rotatable bonds is 6. The van der Waals surface area contributed by atoms with Crippen molar-refractivity contribution >= 4 is 22.5 Å². The first-order valence-corrected chi connectivity index (χ1v) is 10.5. The van der Waals surface area contributed by atoms with Gasteiger partial charge in [-0.2, -0.15) is 0 Å². The number of morpholine rings is 1. The summed E-state index contributed by atoms with van der Waals surface area (Å²) in [5, 5.41) is 3.41. The molecular weight excluding hydrogens is 380 g/mol. The number of ether oxygens (including phenoxy) is 2. The molecule has 1 saturated heterocycles. The van der Waals surface area contributed by atoms with Crippen LogP contribution in [0.2, 0.25) is 0 Å². The van der Waals surface area contributed by atoms with Gasteiger partial charge in [-0.25, -0.2) is 15.0 Å². The number of aromatic nitrogens is 4. The van der Waals surface area contributed by atoms with Crippen LogP contribution in [0.15, 0.2) is 36.8 Å². The van der Waals surface area contributed by atoms with Crippen LogP contribution < -0.4 is 15.0 Å². The lowest BCUT2D eigenvalue weighted by atomic mass is 9.82. The number of benzene rings is 1. The van der Waals surface area contributed by atoms with E-state index in [-0.39, 0.29) is 6.10 Å². The third kappa shape index (κ3) is 4.14. The summed E-state index contributed by atoms with van der Waals surface area (Å²) in [6, 6.07) is 6.11. The van der Waals surface area contributed by atoms with Gasteiger partial charge in [-0.1, -0.05) is 0 Å². The molecule has 5 rings (SSSR count). The van der Waals surface area contributed by atoms with Crippen molar-refractivity contribution in [3.63, 3.8) is 0 Å². The van der Waals surface area contributed by atoms with Crippen molar-refractivity contribution < 1.29 is 9.47 Å². The van der Waals surface area contributed by atoms with Crippen LogP contribution in [0, 0.1) is 12.8 Å². The predicted octanol–water partition coefficient (Wildman–Crippen LogP) is 2.83. The zero-order chi connectivity index (χ0) is 20.3. The molecule has 0 amide bonds. The van der Waals surface area contributed by atoms with Crippen LogP contribution in [0.1, 0.15) is 18.7 Å². The fourth-order valence-electron chi connectivity index (χ4n) is 4.04. The summed E-state index contributed by atoms with van der Waals surface area (Å²) in [6.07, 6.45) is 7.47. The Labute approximate surface area is 175 Å². The summed E-state index contributed by atoms with van der Waals surface area (Å²) >= 11 is 0. The highest BCUT2D eigenvalue weighted by molar-refractivity contribution is 5.85. The van der Waals surface area contributed by atoms with E-state index >= 15 is 0 Å². The van der Waals surface area contributed by atoms with Crippen molar-refractivity contribution in [3.05, 3.63) is 42.6 Å². The first-order chi connectivity index (χ1) is 14.7. The van der Waals surface area contributed by atoms with Gasteiger partial charge in [-0.15, -0.1) is 0 Å². The van der Waals surface area contributed by atoms with Crippen LogP contribution >= 0.6 is 0 Å². The summed E-state index contributed by atoms with van der Waals surface area (Å²) in [7, 11) is 0. The Balaban J connectivity index is 1.24. The lowest BCUT2D eigenvalue weighted by molar-refractivity contribution is 0.0721. The second-order valence-electron chi connectivity index (χ2n) is 7.91. The van der Waals surface area contributed by atoms with E-state index in [4.69, 9.17) is 9.47 Å². The summed E-state index contributed by atoms with van der Waals surface area (Å²) in [6.45, 7) is 6.05. The second-order valence-corrected chi connectivity index (χ2v) is 7.91. The SMILES string of the molecule is Cc1nccc(NC[C@H]2C[C@H](Oc3cc(N4CCOCC4)cc4nccnc34)C2)n1. The summed E-state index contributed by atoms with van der Waals surface area (Å²) < 4.78 is 11.9. The molecule has 0 spiro atoms. The smallest absolute Gasteiger partial charge is 0.149 e. The van der Waals surface area contributed by atoms with Crippen LogP contribution in [0.3, 0.4) is 0 Å². The molecule has 1 saturated carbocycles. The highest BCUT2D eigenvalue weighted by atomic mass is 16.5. The van der Waals surface area contributed by atoms with Crippen molar-refractivity contribution in [2.75, 3.05) is 43.1 Å². The topological polar surface area (TPSA) is 85.3 Å². The number of nitrogens with zero attached hydrogens (tertiary/aromatic N) is 5. The average molecular weight is 406 g/mol. The Bertz CT molecular complexity index is 1020. The lowest BCUT2D eigenvalue weighted by Gasteiger charge is -2.36. The van der Waals surface area contributed by atoms with Gasteiger partial charge in [-0.05, 0) is 37.8 Å². The van der Waals surface area contributed by atoms with Gasteiger partial charge < -0.3 is 19.7 Å². The molecule has 156 valence electrons. The lowest BCUT2D eigenvalue weighted by Crippen LogP contribution is -2.38. The molecule has 0 unspecified atom stereocenters. The Kier molecular flexibility index (Phi) is 5.31. The second kappa shape index (κ2) is 8.39. The molecule has 8 nitrogen and oxygen atoms in total. The highest BCUT2D eigenvalue weighted by Crippen LogP contribution is 2.36. The molecule has 2 fully saturated rings. The molecule has 1 aromatic carbocycles. The molecule has 3 heterocycles. The van der Waals surface area contributed by atoms with Gasteiger partial charge in [0.25, 0.3) is 0 Å². The average Bonchev–Trinajstić information content (AvgIpc) is 2.75. The molecule has 30 heavy (non-hydrogen) atoms. The van der Waals surface area contributed by atoms with Gasteiger partial charge in [0.1, 0.15) is 22.9 Å². The number of nitrogens with one attached hydrogen (secondary N) is 1. The first-order valence-electron chi connectivity index (χ1n) is 10.5. The minimum Gasteiger partial charge on any atom is -0.488 e. The zero-order valence-electron chi connectivity index (χ0n) is 17.1. The van der Waals surface area contributed by atoms with E-state index in [2.05, 4.69) is 42.3 Å². The van der Waals surface area contributed by atoms with Gasteiger partial charge >= 0.3 is 0 Å². The van der Waals surface area contributed by atoms with E-state index in [1.807, 2.05) is 13.0 Å². The van der Waals surface area contributed by atoms with Gasteiger partial charge in [-0.3, -0.25) is 4.98 Å². The van der Waals surface area contributed by atoms with Gasteiger partial charge in [0.2, 0.25) is 0 Å². The molecule has 0 atom stereocenters. The fraction of sp³-hybridized carbons (Fsp3) is 0.455. The summed E-state index contributed by atoms with van der Waals surface area (Å²) in [5.74, 6) is 3.06. The van der Waals surface area contributed by atoms with E-state index in [9.17, 15) is 0 Å². The van der Waals surface area contributed by atoms with Crippen LogP contribution in [0.25, 0.3) is 11.0 Å². The van der Waals surface area contributed by atoms with Crippen molar-refractivity contribution in [1.82, 2.24) is 19.9 Å². The maximum atomic E-state index is 6.38. The number of aryl methyl sites for hydroxylation is 1. The van der Waals surface area contributed by atoms with Crippen LogP contribution in [-0.2, 0) is 4.74 Å². The van der Waals surface area contributed by atoms with Crippen molar-refractivity contribution in [3.8, 4) is 5.75 Å². The largest absolute Gasteiger partial charge is 0.488 e. The van der Waals surface area contributed by atoms with Gasteiger partial charge in [0.05, 0.1) is 24.8 Å². The van der Waals surface area contributed by atoms with E-state index in [0.717, 1.165) is 79.8 Å². The quantitative estimate of drug-likeness (QED) is 0.669. The Morgan fingerprint density at radius 1 is 1.10 bits per heavy atom. The molecule has 2 aromatic heterocycles. The number of hydrogen-bond acceptors (Lipinski definition) is 8. The minimum atomic E-state index is 0.203. The van der Waals surface area contributed by atoms with Crippen molar-refractivity contribution in [1.29, 1.82) is 0 Å². The van der Waals surface area contributed by atoms with E-state index in [1.165, 1.54) is 0 Å². The predicted molar refractivity (Wildman–Crippen MR) is 115 cm³/mol. The third-order valence-corrected chi connectivity index (χ3v) is 5.73. The maximum Gasteiger partial charge on any atom is 0.149 e. The van der Waals surface area contributed by atoms with E-state index in [1.54, 1.807) is 18.6 Å². The Morgan fingerprint density at radius 2 is 1.93 bits per heavy atom. The van der Waals surface area contributed by atoms with Crippen molar-refractivity contribution in [2.24, 2.45) is 5.92 Å². The monoisotopic (exact) mass is 406 g/mol. The van der Waals surface area contributed by atoms with Gasteiger partial charge in [0, 0.05) is 50.0 Å². The number of anilines is 2.